The number of unbranched alkanes of at least 4 members (excludes halogenated alkanes) is 1. The van der Waals surface area contributed by atoms with Gasteiger partial charge < -0.3 is 44.0 Å². The van der Waals surface area contributed by atoms with Crippen LogP contribution in [0.4, 0.5) is 0 Å². The van der Waals surface area contributed by atoms with Gasteiger partial charge in [0.25, 0.3) is 0 Å². The maximum Gasteiger partial charge on any atom is 0.326 e. The van der Waals surface area contributed by atoms with Gasteiger partial charge in [0.2, 0.25) is 17.7 Å². The highest BCUT2D eigenvalue weighted by atomic mass is 16.4. The van der Waals surface area contributed by atoms with Crippen LogP contribution in [0.2, 0.25) is 0 Å². The maximum atomic E-state index is 13.1. The Bertz CT molecular complexity index is 742. The molecule has 13 nitrogen and oxygen atoms in total. The molecular weight excluding hydrogens is 468 g/mol. The zero-order valence-electron chi connectivity index (χ0n) is 22.0. The highest BCUT2D eigenvalue weighted by Gasteiger charge is 2.32. The normalized spacial score (nSPS) is 15.2. The molecule has 0 saturated carbocycles. The molecule has 0 heterocycles. The molecule has 0 rings (SSSR count). The van der Waals surface area contributed by atoms with E-state index in [1.165, 1.54) is 0 Å². The van der Waals surface area contributed by atoms with Crippen molar-refractivity contribution in [3.63, 3.8) is 0 Å². The van der Waals surface area contributed by atoms with Gasteiger partial charge in [0.05, 0.1) is 6.04 Å². The number of carboxylic acid groups (broad SMARTS) is 1. The van der Waals surface area contributed by atoms with Crippen LogP contribution in [0.1, 0.15) is 66.2 Å². The van der Waals surface area contributed by atoms with Crippen LogP contribution in [0.25, 0.3) is 0 Å². The molecule has 5 atom stereocenters. The van der Waals surface area contributed by atoms with Crippen LogP contribution < -0.4 is 38.9 Å². The van der Waals surface area contributed by atoms with Gasteiger partial charge in [0.1, 0.15) is 18.1 Å². The molecule has 0 aromatic heterocycles. The lowest BCUT2D eigenvalue weighted by Gasteiger charge is -2.28. The van der Waals surface area contributed by atoms with Crippen LogP contribution in [0.15, 0.2) is 4.99 Å². The van der Waals surface area contributed by atoms with Crippen molar-refractivity contribution < 1.29 is 24.3 Å². The second-order valence-corrected chi connectivity index (χ2v) is 9.34. The van der Waals surface area contributed by atoms with E-state index < -0.39 is 47.9 Å². The van der Waals surface area contributed by atoms with Gasteiger partial charge in [0.15, 0.2) is 5.96 Å². The minimum Gasteiger partial charge on any atom is -0.480 e. The Morgan fingerprint density at radius 2 is 1.47 bits per heavy atom. The Balaban J connectivity index is 5.53. The predicted octanol–water partition coefficient (Wildman–Crippen LogP) is -1.26. The van der Waals surface area contributed by atoms with Crippen molar-refractivity contribution in [2.24, 2.45) is 39.8 Å². The minimum atomic E-state index is -1.17. The maximum absolute atomic E-state index is 13.1. The molecule has 0 aromatic carbocycles. The van der Waals surface area contributed by atoms with E-state index in [9.17, 15) is 24.3 Å². The van der Waals surface area contributed by atoms with E-state index in [4.69, 9.17) is 22.9 Å². The summed E-state index contributed by atoms with van der Waals surface area (Å²) in [6.07, 6.45) is 2.88. The monoisotopic (exact) mass is 514 g/mol. The molecule has 0 saturated heterocycles. The molecule has 0 spiro atoms. The number of nitrogens with two attached hydrogens (primary N) is 4. The Labute approximate surface area is 213 Å². The molecule has 0 aliphatic heterocycles. The number of aliphatic imine (C=N–C) groups is 1. The van der Waals surface area contributed by atoms with E-state index in [1.54, 1.807) is 20.8 Å². The van der Waals surface area contributed by atoms with Gasteiger partial charge in [0, 0.05) is 6.54 Å². The zero-order valence-corrected chi connectivity index (χ0v) is 22.0. The number of guanidine groups is 1. The van der Waals surface area contributed by atoms with E-state index in [2.05, 4.69) is 20.9 Å². The van der Waals surface area contributed by atoms with Crippen LogP contribution >= 0.6 is 0 Å². The number of hydrogen-bond acceptors (Lipinski definition) is 7. The summed E-state index contributed by atoms with van der Waals surface area (Å²) in [4.78, 5) is 54.2. The fraction of sp³-hybridized carbons (Fsp3) is 0.783. The molecule has 0 radical (unpaired) electrons. The second kappa shape index (κ2) is 17.5. The molecule has 5 unspecified atom stereocenters. The predicted molar refractivity (Wildman–Crippen MR) is 139 cm³/mol. The fourth-order valence-electron chi connectivity index (χ4n) is 3.41. The van der Waals surface area contributed by atoms with Gasteiger partial charge in [-0.15, -0.1) is 0 Å². The lowest BCUT2D eigenvalue weighted by Crippen LogP contribution is -2.58. The smallest absolute Gasteiger partial charge is 0.326 e. The van der Waals surface area contributed by atoms with Crippen molar-refractivity contribution in [2.45, 2.75) is 90.4 Å². The highest BCUT2D eigenvalue weighted by Crippen LogP contribution is 2.10. The summed E-state index contributed by atoms with van der Waals surface area (Å²) in [5.41, 5.74) is 22.1. The lowest BCUT2D eigenvalue weighted by atomic mass is 9.98. The van der Waals surface area contributed by atoms with Gasteiger partial charge in [-0.1, -0.05) is 40.5 Å². The van der Waals surface area contributed by atoms with Gasteiger partial charge in [-0.3, -0.25) is 19.4 Å². The highest BCUT2D eigenvalue weighted by molar-refractivity contribution is 5.94. The molecule has 208 valence electrons. The van der Waals surface area contributed by atoms with Crippen molar-refractivity contribution in [1.82, 2.24) is 16.0 Å². The fourth-order valence-corrected chi connectivity index (χ4v) is 3.41. The van der Waals surface area contributed by atoms with E-state index in [1.807, 2.05) is 6.92 Å². The first-order valence-electron chi connectivity index (χ1n) is 12.5. The lowest BCUT2D eigenvalue weighted by molar-refractivity contribution is -0.144. The van der Waals surface area contributed by atoms with Crippen molar-refractivity contribution in [3.05, 3.63) is 0 Å². The second-order valence-electron chi connectivity index (χ2n) is 9.34. The Morgan fingerprint density at radius 3 is 1.97 bits per heavy atom. The summed E-state index contributed by atoms with van der Waals surface area (Å²) in [6, 6.07) is -3.92. The molecular formula is C23H46N8O5. The molecule has 12 N–H and O–H groups in total. The molecule has 0 aromatic rings. The summed E-state index contributed by atoms with van der Waals surface area (Å²) in [5.74, 6) is -3.60. The van der Waals surface area contributed by atoms with E-state index in [-0.39, 0.29) is 30.8 Å². The molecule has 0 bridgehead atoms. The number of hydrogen-bond donors (Lipinski definition) is 8. The Morgan fingerprint density at radius 1 is 0.861 bits per heavy atom. The van der Waals surface area contributed by atoms with Gasteiger partial charge in [-0.05, 0) is 44.1 Å². The molecule has 0 fully saturated rings. The van der Waals surface area contributed by atoms with Crippen molar-refractivity contribution >= 4 is 29.7 Å². The number of carbonyl (C=O) groups is 4. The van der Waals surface area contributed by atoms with Crippen LogP contribution in [-0.2, 0) is 19.2 Å². The zero-order chi connectivity index (χ0) is 27.8. The van der Waals surface area contributed by atoms with Gasteiger partial charge >= 0.3 is 5.97 Å². The average Bonchev–Trinajstić information content (AvgIpc) is 2.81. The summed E-state index contributed by atoms with van der Waals surface area (Å²) >= 11 is 0. The van der Waals surface area contributed by atoms with Gasteiger partial charge in [-0.2, -0.15) is 0 Å². The summed E-state index contributed by atoms with van der Waals surface area (Å²) in [6.45, 7) is 7.75. The quantitative estimate of drug-likeness (QED) is 0.0617. The molecule has 0 aliphatic carbocycles. The van der Waals surface area contributed by atoms with Crippen LogP contribution in [0, 0.1) is 11.8 Å². The molecule has 3 amide bonds. The van der Waals surface area contributed by atoms with Crippen molar-refractivity contribution in [2.75, 3.05) is 13.1 Å². The van der Waals surface area contributed by atoms with Gasteiger partial charge in [-0.25, -0.2) is 4.79 Å². The summed E-state index contributed by atoms with van der Waals surface area (Å²) in [7, 11) is 0. The topological polar surface area (TPSA) is 241 Å². The van der Waals surface area contributed by atoms with Crippen LogP contribution in [0.5, 0.6) is 0 Å². The van der Waals surface area contributed by atoms with Crippen LogP contribution in [-0.4, -0.2) is 72.0 Å². The number of aliphatic carboxylic acids is 1. The number of amides is 3. The third-order valence-corrected chi connectivity index (χ3v) is 5.91. The van der Waals surface area contributed by atoms with Crippen molar-refractivity contribution in [3.8, 4) is 0 Å². The SMILES string of the molecule is CCC(C)C(NC(=O)C(CCCN=C(N)N)NC(=O)C(NC(=O)C(N)CCCCN)C(C)C)C(=O)O. The summed E-state index contributed by atoms with van der Waals surface area (Å²) in [5, 5.41) is 17.4. The number of carboxylic acids is 1. The molecule has 0 aliphatic rings. The van der Waals surface area contributed by atoms with E-state index in [0.717, 1.165) is 6.42 Å². The summed E-state index contributed by atoms with van der Waals surface area (Å²) < 4.78 is 0. The first-order chi connectivity index (χ1) is 16.8. The number of rotatable bonds is 18. The molecule has 36 heavy (non-hydrogen) atoms. The van der Waals surface area contributed by atoms with E-state index in [0.29, 0.717) is 32.2 Å². The third kappa shape index (κ3) is 12.7. The van der Waals surface area contributed by atoms with Crippen molar-refractivity contribution in [1.29, 1.82) is 0 Å². The first kappa shape index (κ1) is 33.1. The average molecular weight is 515 g/mol. The third-order valence-electron chi connectivity index (χ3n) is 5.91. The minimum absolute atomic E-state index is 0.104. The Kier molecular flexibility index (Phi) is 16.1. The van der Waals surface area contributed by atoms with E-state index >= 15 is 0 Å². The number of nitrogens with zero attached hydrogens (tertiary/aromatic N) is 1. The first-order valence-corrected chi connectivity index (χ1v) is 12.5. The standard InChI is InChI=1S/C23H46N8O5/c1-5-14(4)18(22(35)36)31-20(33)16(10-8-12-28-23(26)27)29-21(34)17(13(2)3)30-19(32)15(25)9-6-7-11-24/h13-18H,5-12,24-25H2,1-4H3,(H,29,34)(H,30,32)(H,31,33)(H,35,36)(H4,26,27,28). The number of nitrogens with one attached hydrogen (secondary N) is 3. The molecule has 13 heteroatoms. The largest absolute Gasteiger partial charge is 0.480 e. The van der Waals surface area contributed by atoms with Crippen LogP contribution in [0.3, 0.4) is 0 Å². The number of carbonyl (C=O) groups excluding carboxylic acids is 3. The Hall–Kier alpha value is -2.93.